The number of rotatable bonds is 4. The summed E-state index contributed by atoms with van der Waals surface area (Å²) in [6.07, 6.45) is -0.744. The fraction of sp³-hybridized carbons (Fsp3) is 0.476. The highest BCUT2D eigenvalue weighted by atomic mass is 35.5. The molecule has 1 saturated carbocycles. The molecule has 4 rings (SSSR count). The molecule has 1 saturated heterocycles. The van der Waals surface area contributed by atoms with E-state index < -0.39 is 29.7 Å². The van der Waals surface area contributed by atoms with Crippen molar-refractivity contribution in [2.75, 3.05) is 0 Å². The molecule has 154 valence electrons. The highest BCUT2D eigenvalue weighted by Gasteiger charge is 2.64. The summed E-state index contributed by atoms with van der Waals surface area (Å²) < 4.78 is 23.1. The second-order valence-corrected chi connectivity index (χ2v) is 8.02. The minimum absolute atomic E-state index is 0.118. The average Bonchev–Trinajstić information content (AvgIpc) is 2.86. The van der Waals surface area contributed by atoms with Crippen molar-refractivity contribution in [3.8, 4) is 5.75 Å². The lowest BCUT2D eigenvalue weighted by Crippen LogP contribution is -2.58. The van der Waals surface area contributed by atoms with Gasteiger partial charge in [0.15, 0.2) is 12.2 Å². The monoisotopic (exact) mass is 419 g/mol. The average molecular weight is 420 g/mol. The fourth-order valence-electron chi connectivity index (χ4n) is 4.21. The lowest BCUT2D eigenvalue weighted by Gasteiger charge is -2.46. The van der Waals surface area contributed by atoms with E-state index in [2.05, 4.69) is 4.98 Å². The lowest BCUT2D eigenvalue weighted by molar-refractivity contribution is -0.191. The summed E-state index contributed by atoms with van der Waals surface area (Å²) in [6.45, 7) is 4.47. The Morgan fingerprint density at radius 2 is 1.83 bits per heavy atom. The molecule has 2 fully saturated rings. The summed E-state index contributed by atoms with van der Waals surface area (Å²) in [6, 6.07) is 9.30. The second-order valence-electron chi connectivity index (χ2n) is 7.63. The first-order chi connectivity index (χ1) is 13.8. The molecular formula is C21H22ClNO6. The van der Waals surface area contributed by atoms with Gasteiger partial charge in [0.1, 0.15) is 22.6 Å². The minimum atomic E-state index is -0.714. The Kier molecular flexibility index (Phi) is 5.12. The molecule has 1 spiro atoms. The number of esters is 2. The van der Waals surface area contributed by atoms with Crippen LogP contribution in [0.3, 0.4) is 0 Å². The Morgan fingerprint density at radius 1 is 1.14 bits per heavy atom. The molecule has 1 aromatic carbocycles. The molecule has 0 bridgehead atoms. The van der Waals surface area contributed by atoms with Gasteiger partial charge in [-0.3, -0.25) is 9.59 Å². The SMILES string of the molecule is CC(=O)O[C@H]1C(C)O[C@]2(C[C@@H](Oc3ccc4ccc(Cl)nc4c3)C2)[C@H]1OC(C)=O. The first kappa shape index (κ1) is 19.9. The molecule has 1 aromatic heterocycles. The van der Waals surface area contributed by atoms with Gasteiger partial charge in [-0.25, -0.2) is 4.98 Å². The van der Waals surface area contributed by atoms with Gasteiger partial charge in [-0.2, -0.15) is 0 Å². The summed E-state index contributed by atoms with van der Waals surface area (Å²) in [5.74, 6) is -0.195. The van der Waals surface area contributed by atoms with Gasteiger partial charge < -0.3 is 18.9 Å². The number of carbonyl (C=O) groups excluding carboxylic acids is 2. The number of hydrogen-bond donors (Lipinski definition) is 0. The van der Waals surface area contributed by atoms with Gasteiger partial charge in [-0.1, -0.05) is 11.6 Å². The number of hydrogen-bond acceptors (Lipinski definition) is 7. The van der Waals surface area contributed by atoms with Crippen LogP contribution in [0.15, 0.2) is 30.3 Å². The van der Waals surface area contributed by atoms with Crippen LogP contribution in [0, 0.1) is 0 Å². The standard InChI is InChI=1S/C21H22ClNO6/c1-11-19(26-12(2)24)20(27-13(3)25)21(29-11)9-16(10-21)28-15-6-4-14-5-7-18(22)23-17(14)8-15/h4-8,11,16,19-20H,9-10H2,1-3H3/t11?,16-,19-,20-,21+/m0/s1. The number of carbonyl (C=O) groups is 2. The topological polar surface area (TPSA) is 84.0 Å². The van der Waals surface area contributed by atoms with Crippen LogP contribution in [-0.2, 0) is 23.8 Å². The molecule has 2 aliphatic rings. The summed E-state index contributed by atoms with van der Waals surface area (Å²) in [5.41, 5.74) is 0.0383. The van der Waals surface area contributed by atoms with Crippen LogP contribution in [0.25, 0.3) is 10.9 Å². The quantitative estimate of drug-likeness (QED) is 0.554. The van der Waals surface area contributed by atoms with E-state index in [0.29, 0.717) is 23.7 Å². The number of ether oxygens (including phenoxy) is 4. The van der Waals surface area contributed by atoms with Crippen LogP contribution >= 0.6 is 11.6 Å². The van der Waals surface area contributed by atoms with Crippen LogP contribution in [0.1, 0.15) is 33.6 Å². The van der Waals surface area contributed by atoms with Crippen molar-refractivity contribution < 1.29 is 28.5 Å². The number of fused-ring (bicyclic) bond motifs is 1. The van der Waals surface area contributed by atoms with E-state index in [1.807, 2.05) is 31.2 Å². The normalized spacial score (nSPS) is 30.8. The molecule has 1 aliphatic heterocycles. The van der Waals surface area contributed by atoms with Crippen LogP contribution in [0.4, 0.5) is 0 Å². The van der Waals surface area contributed by atoms with Gasteiger partial charge in [0.05, 0.1) is 11.6 Å². The van der Waals surface area contributed by atoms with Crippen LogP contribution in [0.5, 0.6) is 5.75 Å². The maximum Gasteiger partial charge on any atom is 0.303 e. The van der Waals surface area contributed by atoms with E-state index >= 15 is 0 Å². The van der Waals surface area contributed by atoms with Gasteiger partial charge in [0.25, 0.3) is 0 Å². The van der Waals surface area contributed by atoms with Crippen molar-refractivity contribution >= 4 is 34.4 Å². The maximum atomic E-state index is 11.6. The number of halogens is 1. The van der Waals surface area contributed by atoms with Gasteiger partial charge in [-0.05, 0) is 31.2 Å². The Bertz CT molecular complexity index is 957. The highest BCUT2D eigenvalue weighted by Crippen LogP contribution is 2.49. The van der Waals surface area contributed by atoms with Crippen LogP contribution in [0.2, 0.25) is 5.15 Å². The molecule has 0 N–H and O–H groups in total. The molecule has 1 unspecified atom stereocenters. The third-order valence-corrected chi connectivity index (χ3v) is 5.58. The lowest BCUT2D eigenvalue weighted by atomic mass is 9.73. The van der Waals surface area contributed by atoms with Gasteiger partial charge in [0, 0.05) is 38.1 Å². The maximum absolute atomic E-state index is 11.6. The third kappa shape index (κ3) is 3.89. The minimum Gasteiger partial charge on any atom is -0.490 e. The molecule has 0 radical (unpaired) electrons. The zero-order valence-electron chi connectivity index (χ0n) is 16.4. The van der Waals surface area contributed by atoms with Crippen molar-refractivity contribution in [1.29, 1.82) is 0 Å². The first-order valence-electron chi connectivity index (χ1n) is 9.51. The molecule has 8 heteroatoms. The molecule has 3 atom stereocenters. The number of pyridine rings is 1. The smallest absolute Gasteiger partial charge is 0.303 e. The van der Waals surface area contributed by atoms with Gasteiger partial charge in [-0.15, -0.1) is 0 Å². The second kappa shape index (κ2) is 7.46. The number of benzene rings is 1. The third-order valence-electron chi connectivity index (χ3n) is 5.37. The molecule has 0 amide bonds. The van der Waals surface area contributed by atoms with Gasteiger partial charge in [0.2, 0.25) is 0 Å². The van der Waals surface area contributed by atoms with Crippen molar-refractivity contribution in [2.24, 2.45) is 0 Å². The van der Waals surface area contributed by atoms with Crippen molar-refractivity contribution in [2.45, 2.75) is 63.6 Å². The van der Waals surface area contributed by atoms with Gasteiger partial charge >= 0.3 is 11.9 Å². The molecule has 29 heavy (non-hydrogen) atoms. The molecule has 7 nitrogen and oxygen atoms in total. The number of nitrogens with zero attached hydrogens (tertiary/aromatic N) is 1. The van der Waals surface area contributed by atoms with Crippen molar-refractivity contribution in [3.05, 3.63) is 35.5 Å². The summed E-state index contributed by atoms with van der Waals surface area (Å²) >= 11 is 5.97. The molecule has 1 aliphatic carbocycles. The van der Waals surface area contributed by atoms with E-state index in [0.717, 1.165) is 10.9 Å². The Morgan fingerprint density at radius 3 is 2.52 bits per heavy atom. The Hall–Kier alpha value is -2.38. The zero-order chi connectivity index (χ0) is 20.8. The molecule has 2 heterocycles. The summed E-state index contributed by atoms with van der Waals surface area (Å²) in [5, 5.41) is 1.39. The van der Waals surface area contributed by atoms with E-state index in [-0.39, 0.29) is 12.2 Å². The van der Waals surface area contributed by atoms with Crippen molar-refractivity contribution in [3.63, 3.8) is 0 Å². The zero-order valence-corrected chi connectivity index (χ0v) is 17.1. The summed E-state index contributed by atoms with van der Waals surface area (Å²) in [4.78, 5) is 27.4. The van der Waals surface area contributed by atoms with E-state index in [9.17, 15) is 9.59 Å². The van der Waals surface area contributed by atoms with Crippen LogP contribution < -0.4 is 4.74 Å². The Balaban J connectivity index is 1.48. The van der Waals surface area contributed by atoms with E-state index in [1.54, 1.807) is 6.07 Å². The van der Waals surface area contributed by atoms with Crippen LogP contribution in [-0.4, -0.2) is 46.9 Å². The van der Waals surface area contributed by atoms with E-state index in [1.165, 1.54) is 13.8 Å². The largest absolute Gasteiger partial charge is 0.490 e. The van der Waals surface area contributed by atoms with E-state index in [4.69, 9.17) is 30.5 Å². The molecule has 2 aromatic rings. The molecular weight excluding hydrogens is 398 g/mol. The Labute approximate surface area is 173 Å². The van der Waals surface area contributed by atoms with Crippen molar-refractivity contribution in [1.82, 2.24) is 4.98 Å². The predicted molar refractivity (Wildman–Crippen MR) is 105 cm³/mol. The first-order valence-corrected chi connectivity index (χ1v) is 9.89. The fourth-order valence-corrected chi connectivity index (χ4v) is 4.37. The highest BCUT2D eigenvalue weighted by molar-refractivity contribution is 6.29. The summed E-state index contributed by atoms with van der Waals surface area (Å²) in [7, 11) is 0. The number of aromatic nitrogens is 1. The predicted octanol–water partition coefficient (Wildman–Crippen LogP) is 3.45.